The quantitative estimate of drug-likeness (QED) is 0.679. The van der Waals surface area contributed by atoms with Gasteiger partial charge in [0.05, 0.1) is 13.2 Å². The van der Waals surface area contributed by atoms with Gasteiger partial charge >= 0.3 is 13.7 Å². The molecule has 0 fully saturated rings. The van der Waals surface area contributed by atoms with E-state index in [-0.39, 0.29) is 19.1 Å². The highest BCUT2D eigenvalue weighted by Gasteiger charge is 2.38. The first kappa shape index (κ1) is 20.4. The number of rotatable bonds is 8. The summed E-state index contributed by atoms with van der Waals surface area (Å²) in [5.74, 6) is -0.494. The molecule has 1 amide bonds. The van der Waals surface area contributed by atoms with Gasteiger partial charge in [-0.2, -0.15) is 0 Å². The number of carbonyl (C=O) groups excluding carboxylic acids is 1. The highest BCUT2D eigenvalue weighted by molar-refractivity contribution is 7.54. The van der Waals surface area contributed by atoms with E-state index in [9.17, 15) is 9.36 Å². The molecule has 0 aliphatic carbocycles. The molecule has 0 aromatic rings. The van der Waals surface area contributed by atoms with Crippen molar-refractivity contribution >= 4 is 13.7 Å². The molecular formula is C14H30NO5P. The Morgan fingerprint density at radius 3 is 1.95 bits per heavy atom. The maximum atomic E-state index is 12.8. The van der Waals surface area contributed by atoms with Crippen molar-refractivity contribution in [2.24, 2.45) is 5.92 Å². The highest BCUT2D eigenvalue weighted by Crippen LogP contribution is 2.53. The van der Waals surface area contributed by atoms with Crippen LogP contribution in [-0.4, -0.2) is 30.7 Å². The molecule has 126 valence electrons. The Balaban J connectivity index is 5.08. The van der Waals surface area contributed by atoms with Crippen LogP contribution in [0.4, 0.5) is 4.79 Å². The van der Waals surface area contributed by atoms with Crippen molar-refractivity contribution in [3.63, 3.8) is 0 Å². The molecular weight excluding hydrogens is 293 g/mol. The topological polar surface area (TPSA) is 73.9 Å². The summed E-state index contributed by atoms with van der Waals surface area (Å²) >= 11 is 0. The van der Waals surface area contributed by atoms with Crippen molar-refractivity contribution in [3.8, 4) is 0 Å². The minimum atomic E-state index is -3.41. The third-order valence-corrected chi connectivity index (χ3v) is 4.72. The maximum absolute atomic E-state index is 12.8. The molecule has 21 heavy (non-hydrogen) atoms. The van der Waals surface area contributed by atoms with Crippen molar-refractivity contribution in [2.45, 2.75) is 66.3 Å². The minimum absolute atomic E-state index is 0.221. The largest absolute Gasteiger partial charge is 0.444 e. The standard InChI is InChI=1S/C14H30NO5P/c1-8-18-21(17,19-9-2)12(10-11(3)4)15-13(16)20-14(5,6)7/h11-12H,8-10H2,1-7H3,(H,15,16)/t12-/m1/s1. The molecule has 0 aromatic carbocycles. The Hall–Kier alpha value is -0.580. The molecule has 0 aliphatic rings. The van der Waals surface area contributed by atoms with Crippen molar-refractivity contribution < 1.29 is 23.1 Å². The normalized spacial score (nSPS) is 14.1. The van der Waals surface area contributed by atoms with Gasteiger partial charge in [0.2, 0.25) is 0 Å². The van der Waals surface area contributed by atoms with Crippen LogP contribution in [0.1, 0.15) is 54.9 Å². The van der Waals surface area contributed by atoms with E-state index >= 15 is 0 Å². The van der Waals surface area contributed by atoms with Crippen LogP contribution in [0.15, 0.2) is 0 Å². The van der Waals surface area contributed by atoms with Gasteiger partial charge in [0.15, 0.2) is 0 Å². The summed E-state index contributed by atoms with van der Waals surface area (Å²) in [4.78, 5) is 11.9. The number of carbonyl (C=O) groups is 1. The molecule has 0 spiro atoms. The lowest BCUT2D eigenvalue weighted by Crippen LogP contribution is -2.40. The molecule has 0 bridgehead atoms. The maximum Gasteiger partial charge on any atom is 0.408 e. The zero-order valence-electron chi connectivity index (χ0n) is 14.3. The van der Waals surface area contributed by atoms with E-state index in [0.717, 1.165) is 0 Å². The molecule has 6 nitrogen and oxygen atoms in total. The minimum Gasteiger partial charge on any atom is -0.444 e. The Morgan fingerprint density at radius 1 is 1.14 bits per heavy atom. The van der Waals surface area contributed by atoms with Gasteiger partial charge in [-0.05, 0) is 47.0 Å². The summed E-state index contributed by atoms with van der Waals surface area (Å²) in [6, 6.07) is 0. The number of amides is 1. The van der Waals surface area contributed by atoms with Gasteiger partial charge in [0.1, 0.15) is 11.4 Å². The first-order valence-corrected chi connectivity index (χ1v) is 9.03. The van der Waals surface area contributed by atoms with E-state index < -0.39 is 25.1 Å². The summed E-state index contributed by atoms with van der Waals surface area (Å²) in [6.07, 6.45) is -0.135. The fourth-order valence-corrected chi connectivity index (χ4v) is 3.83. The summed E-state index contributed by atoms with van der Waals surface area (Å²) in [7, 11) is -3.41. The van der Waals surface area contributed by atoms with Gasteiger partial charge in [-0.25, -0.2) is 4.79 Å². The number of alkyl carbamates (subject to hydrolysis) is 1. The Labute approximate surface area is 128 Å². The van der Waals surface area contributed by atoms with Gasteiger partial charge in [0, 0.05) is 0 Å². The Kier molecular flexibility index (Phi) is 8.52. The number of nitrogens with one attached hydrogen (secondary N) is 1. The first-order valence-electron chi connectivity index (χ1n) is 7.42. The molecule has 0 saturated carbocycles. The van der Waals surface area contributed by atoms with Crippen LogP contribution in [0.3, 0.4) is 0 Å². The molecule has 1 N–H and O–H groups in total. The highest BCUT2D eigenvalue weighted by atomic mass is 31.2. The number of ether oxygens (including phenoxy) is 1. The lowest BCUT2D eigenvalue weighted by Gasteiger charge is -2.29. The van der Waals surface area contributed by atoms with Gasteiger partial charge in [-0.1, -0.05) is 13.8 Å². The van der Waals surface area contributed by atoms with Crippen LogP contribution >= 0.6 is 7.60 Å². The second kappa shape index (κ2) is 8.76. The van der Waals surface area contributed by atoms with Gasteiger partial charge < -0.3 is 19.1 Å². The van der Waals surface area contributed by atoms with Crippen molar-refractivity contribution in [3.05, 3.63) is 0 Å². The first-order chi connectivity index (χ1) is 9.54. The van der Waals surface area contributed by atoms with E-state index in [4.69, 9.17) is 13.8 Å². The third kappa shape index (κ3) is 8.44. The summed E-state index contributed by atoms with van der Waals surface area (Å²) in [5, 5.41) is 2.64. The predicted octanol–water partition coefficient (Wildman–Crippen LogP) is 4.15. The van der Waals surface area contributed by atoms with E-state index in [1.165, 1.54) is 0 Å². The second-order valence-corrected chi connectivity index (χ2v) is 8.39. The van der Waals surface area contributed by atoms with Gasteiger partial charge in [-0.15, -0.1) is 0 Å². The molecule has 0 heterocycles. The SMILES string of the molecule is CCOP(=O)(OCC)[C@H](CC(C)C)NC(=O)OC(C)(C)C. The average molecular weight is 323 g/mol. The van der Waals surface area contributed by atoms with E-state index in [1.807, 2.05) is 13.8 Å². The van der Waals surface area contributed by atoms with Gasteiger partial charge in [0.25, 0.3) is 0 Å². The van der Waals surface area contributed by atoms with Crippen LogP contribution < -0.4 is 5.32 Å². The lowest BCUT2D eigenvalue weighted by molar-refractivity contribution is 0.0504. The molecule has 0 aliphatic heterocycles. The molecule has 0 unspecified atom stereocenters. The molecule has 0 rings (SSSR count). The lowest BCUT2D eigenvalue weighted by atomic mass is 10.1. The van der Waals surface area contributed by atoms with Crippen LogP contribution in [0.5, 0.6) is 0 Å². The monoisotopic (exact) mass is 323 g/mol. The smallest absolute Gasteiger partial charge is 0.408 e. The van der Waals surface area contributed by atoms with E-state index in [2.05, 4.69) is 5.32 Å². The van der Waals surface area contributed by atoms with E-state index in [0.29, 0.717) is 6.42 Å². The summed E-state index contributed by atoms with van der Waals surface area (Å²) in [5.41, 5.74) is -0.617. The summed E-state index contributed by atoms with van der Waals surface area (Å²) in [6.45, 7) is 13.3. The van der Waals surface area contributed by atoms with E-state index in [1.54, 1.807) is 34.6 Å². The molecule has 0 aromatic heterocycles. The van der Waals surface area contributed by atoms with Crippen LogP contribution in [-0.2, 0) is 18.3 Å². The van der Waals surface area contributed by atoms with Gasteiger partial charge in [-0.3, -0.25) is 4.57 Å². The number of hydrogen-bond donors (Lipinski definition) is 1. The average Bonchev–Trinajstić information content (AvgIpc) is 2.25. The third-order valence-electron chi connectivity index (χ3n) is 2.38. The molecule has 0 radical (unpaired) electrons. The molecule has 7 heteroatoms. The van der Waals surface area contributed by atoms with Crippen LogP contribution in [0.2, 0.25) is 0 Å². The Morgan fingerprint density at radius 2 is 1.62 bits per heavy atom. The van der Waals surface area contributed by atoms with Crippen molar-refractivity contribution in [1.82, 2.24) is 5.32 Å². The zero-order valence-corrected chi connectivity index (χ0v) is 15.2. The van der Waals surface area contributed by atoms with Crippen LogP contribution in [0, 0.1) is 5.92 Å². The molecule has 1 atom stereocenters. The zero-order chi connectivity index (χ0) is 16.7. The predicted molar refractivity (Wildman–Crippen MR) is 83.5 cm³/mol. The second-order valence-electron chi connectivity index (χ2n) is 6.17. The Bertz CT molecular complexity index is 355. The van der Waals surface area contributed by atoms with Crippen molar-refractivity contribution in [1.29, 1.82) is 0 Å². The van der Waals surface area contributed by atoms with Crippen molar-refractivity contribution in [2.75, 3.05) is 13.2 Å². The molecule has 0 saturated heterocycles. The summed E-state index contributed by atoms with van der Waals surface area (Å²) < 4.78 is 28.7. The fourth-order valence-electron chi connectivity index (χ4n) is 1.73. The number of hydrogen-bond acceptors (Lipinski definition) is 5. The van der Waals surface area contributed by atoms with Crippen LogP contribution in [0.25, 0.3) is 0 Å². The fraction of sp³-hybridized carbons (Fsp3) is 0.929.